The van der Waals surface area contributed by atoms with Gasteiger partial charge in [-0.25, -0.2) is 8.42 Å². The molecule has 6 nitrogen and oxygen atoms in total. The van der Waals surface area contributed by atoms with E-state index in [0.29, 0.717) is 44.2 Å². The summed E-state index contributed by atoms with van der Waals surface area (Å²) in [6, 6.07) is 8.36. The lowest BCUT2D eigenvalue weighted by Crippen LogP contribution is -2.45. The Kier molecular flexibility index (Phi) is 4.44. The van der Waals surface area contributed by atoms with Crippen LogP contribution in [0.5, 0.6) is 0 Å². The van der Waals surface area contributed by atoms with Gasteiger partial charge in [-0.2, -0.15) is 0 Å². The SMILES string of the molecule is O=C(O)[C@]12CCOC[C@H]1CN(CCS(=O)(=O)c1ccccc1)C2. The van der Waals surface area contributed by atoms with E-state index in [1.165, 1.54) is 0 Å². The van der Waals surface area contributed by atoms with Crippen LogP contribution in [0.2, 0.25) is 0 Å². The van der Waals surface area contributed by atoms with Gasteiger partial charge in [0.05, 0.1) is 22.7 Å². The van der Waals surface area contributed by atoms with E-state index in [1.807, 2.05) is 4.90 Å². The quantitative estimate of drug-likeness (QED) is 0.857. The van der Waals surface area contributed by atoms with Crippen molar-refractivity contribution < 1.29 is 23.1 Å². The van der Waals surface area contributed by atoms with Crippen LogP contribution < -0.4 is 0 Å². The Labute approximate surface area is 136 Å². The lowest BCUT2D eigenvalue weighted by molar-refractivity contribution is -0.157. The molecule has 2 fully saturated rings. The van der Waals surface area contributed by atoms with Gasteiger partial charge >= 0.3 is 5.97 Å². The van der Waals surface area contributed by atoms with Crippen LogP contribution in [0.15, 0.2) is 35.2 Å². The third-order valence-electron chi connectivity index (χ3n) is 4.98. The minimum atomic E-state index is -3.34. The van der Waals surface area contributed by atoms with Gasteiger partial charge in [0.15, 0.2) is 9.84 Å². The number of sulfone groups is 1. The molecule has 0 radical (unpaired) electrons. The molecule has 0 bridgehead atoms. The number of nitrogens with zero attached hydrogens (tertiary/aromatic N) is 1. The predicted octanol–water partition coefficient (Wildman–Crippen LogP) is 0.883. The number of fused-ring (bicyclic) bond motifs is 1. The number of aliphatic carboxylic acids is 1. The molecule has 2 aliphatic rings. The van der Waals surface area contributed by atoms with Gasteiger partial charge in [0.1, 0.15) is 0 Å². The number of likely N-dealkylation sites (tertiary alicyclic amines) is 1. The van der Waals surface area contributed by atoms with Gasteiger partial charge in [0.25, 0.3) is 0 Å². The van der Waals surface area contributed by atoms with Crippen LogP contribution in [-0.2, 0) is 19.4 Å². The summed E-state index contributed by atoms with van der Waals surface area (Å²) in [6.07, 6.45) is 0.495. The summed E-state index contributed by atoms with van der Waals surface area (Å²) in [7, 11) is -3.34. The van der Waals surface area contributed by atoms with Crippen LogP contribution in [0.4, 0.5) is 0 Å². The summed E-state index contributed by atoms with van der Waals surface area (Å²) in [5, 5.41) is 9.62. The molecule has 2 aliphatic heterocycles. The first-order valence-electron chi connectivity index (χ1n) is 7.75. The zero-order valence-electron chi connectivity index (χ0n) is 12.8. The fourth-order valence-corrected chi connectivity index (χ4v) is 4.87. The van der Waals surface area contributed by atoms with Gasteiger partial charge in [0.2, 0.25) is 0 Å². The van der Waals surface area contributed by atoms with Crippen molar-refractivity contribution in [3.8, 4) is 0 Å². The second-order valence-corrected chi connectivity index (χ2v) is 8.46. The monoisotopic (exact) mass is 339 g/mol. The third-order valence-corrected chi connectivity index (χ3v) is 6.69. The fraction of sp³-hybridized carbons (Fsp3) is 0.562. The first kappa shape index (κ1) is 16.4. The highest BCUT2D eigenvalue weighted by atomic mass is 32.2. The lowest BCUT2D eigenvalue weighted by Gasteiger charge is -2.34. The van der Waals surface area contributed by atoms with Gasteiger partial charge in [-0.05, 0) is 18.6 Å². The van der Waals surface area contributed by atoms with E-state index in [9.17, 15) is 18.3 Å². The molecule has 0 unspecified atom stereocenters. The highest BCUT2D eigenvalue weighted by Gasteiger charge is 2.53. The third kappa shape index (κ3) is 3.13. The molecule has 2 heterocycles. The van der Waals surface area contributed by atoms with Crippen LogP contribution in [0.1, 0.15) is 6.42 Å². The van der Waals surface area contributed by atoms with E-state index in [4.69, 9.17) is 4.74 Å². The summed E-state index contributed by atoms with van der Waals surface area (Å²) in [5.74, 6) is -0.854. The first-order valence-corrected chi connectivity index (χ1v) is 9.41. The number of hydrogen-bond acceptors (Lipinski definition) is 5. The second kappa shape index (κ2) is 6.22. The minimum Gasteiger partial charge on any atom is -0.481 e. The Bertz CT molecular complexity index is 675. The molecule has 2 saturated heterocycles. The number of benzene rings is 1. The first-order chi connectivity index (χ1) is 10.9. The molecular weight excluding hydrogens is 318 g/mol. The van der Waals surface area contributed by atoms with Crippen molar-refractivity contribution in [1.29, 1.82) is 0 Å². The fourth-order valence-electron chi connectivity index (χ4n) is 3.57. The molecule has 0 aliphatic carbocycles. The maximum atomic E-state index is 12.3. The van der Waals surface area contributed by atoms with E-state index in [2.05, 4.69) is 0 Å². The van der Waals surface area contributed by atoms with E-state index < -0.39 is 21.2 Å². The number of carbonyl (C=O) groups is 1. The van der Waals surface area contributed by atoms with Crippen molar-refractivity contribution in [3.05, 3.63) is 30.3 Å². The normalized spacial score (nSPS) is 28.4. The Morgan fingerprint density at radius 2 is 2.09 bits per heavy atom. The number of ether oxygens (including phenoxy) is 1. The number of carboxylic acid groups (broad SMARTS) is 1. The van der Waals surface area contributed by atoms with Crippen molar-refractivity contribution in [2.45, 2.75) is 11.3 Å². The van der Waals surface area contributed by atoms with Gasteiger partial charge < -0.3 is 14.7 Å². The van der Waals surface area contributed by atoms with Crippen molar-refractivity contribution >= 4 is 15.8 Å². The van der Waals surface area contributed by atoms with E-state index in [0.717, 1.165) is 0 Å². The Hall–Kier alpha value is -1.44. The molecule has 2 atom stereocenters. The Morgan fingerprint density at radius 3 is 2.74 bits per heavy atom. The van der Waals surface area contributed by atoms with Gasteiger partial charge in [0, 0.05) is 32.2 Å². The molecule has 1 N–H and O–H groups in total. The van der Waals surface area contributed by atoms with E-state index in [-0.39, 0.29) is 11.7 Å². The van der Waals surface area contributed by atoms with Gasteiger partial charge in [-0.3, -0.25) is 4.79 Å². The molecular formula is C16H21NO5S. The second-order valence-electron chi connectivity index (χ2n) is 6.35. The van der Waals surface area contributed by atoms with E-state index >= 15 is 0 Å². The summed E-state index contributed by atoms with van der Waals surface area (Å²) in [4.78, 5) is 14.0. The van der Waals surface area contributed by atoms with Gasteiger partial charge in [-0.15, -0.1) is 0 Å². The van der Waals surface area contributed by atoms with Crippen LogP contribution in [-0.4, -0.2) is 63.0 Å². The molecule has 0 aromatic heterocycles. The van der Waals surface area contributed by atoms with E-state index in [1.54, 1.807) is 30.3 Å². The van der Waals surface area contributed by atoms with Crippen LogP contribution in [0, 0.1) is 11.3 Å². The molecule has 1 aromatic carbocycles. The van der Waals surface area contributed by atoms with Crippen molar-refractivity contribution in [3.63, 3.8) is 0 Å². The summed E-state index contributed by atoms with van der Waals surface area (Å²) in [5.41, 5.74) is -0.783. The molecule has 0 spiro atoms. The smallest absolute Gasteiger partial charge is 0.311 e. The Balaban J connectivity index is 1.67. The standard InChI is InChI=1S/C16H21NO5S/c18-15(19)16-6-8-22-11-13(16)10-17(12-16)7-9-23(20,21)14-4-2-1-3-5-14/h1-5,13H,6-12H2,(H,18,19)/t13-,16+/m1/s1. The average molecular weight is 339 g/mol. The molecule has 0 saturated carbocycles. The van der Waals surface area contributed by atoms with Crippen LogP contribution >= 0.6 is 0 Å². The molecule has 3 rings (SSSR count). The predicted molar refractivity (Wildman–Crippen MR) is 83.9 cm³/mol. The number of hydrogen-bond donors (Lipinski definition) is 1. The molecule has 126 valence electrons. The number of carboxylic acids is 1. The summed E-state index contributed by atoms with van der Waals surface area (Å²) in [6.45, 7) is 2.23. The van der Waals surface area contributed by atoms with Gasteiger partial charge in [-0.1, -0.05) is 18.2 Å². The maximum absolute atomic E-state index is 12.3. The summed E-state index contributed by atoms with van der Waals surface area (Å²) >= 11 is 0. The summed E-state index contributed by atoms with van der Waals surface area (Å²) < 4.78 is 30.1. The van der Waals surface area contributed by atoms with Crippen LogP contribution in [0.3, 0.4) is 0 Å². The van der Waals surface area contributed by atoms with Crippen LogP contribution in [0.25, 0.3) is 0 Å². The highest BCUT2D eigenvalue weighted by Crippen LogP contribution is 2.42. The molecule has 0 amide bonds. The number of rotatable bonds is 5. The lowest BCUT2D eigenvalue weighted by atomic mass is 9.74. The molecule has 1 aromatic rings. The highest BCUT2D eigenvalue weighted by molar-refractivity contribution is 7.91. The molecule has 7 heteroatoms. The maximum Gasteiger partial charge on any atom is 0.311 e. The molecule has 23 heavy (non-hydrogen) atoms. The van der Waals surface area contributed by atoms with Crippen molar-refractivity contribution in [2.75, 3.05) is 38.6 Å². The topological polar surface area (TPSA) is 83.9 Å². The zero-order valence-corrected chi connectivity index (χ0v) is 13.7. The average Bonchev–Trinajstić information content (AvgIpc) is 2.94. The largest absolute Gasteiger partial charge is 0.481 e. The van der Waals surface area contributed by atoms with Crippen molar-refractivity contribution in [2.24, 2.45) is 11.3 Å². The minimum absolute atomic E-state index is 0.000287. The Morgan fingerprint density at radius 1 is 1.35 bits per heavy atom. The zero-order chi connectivity index (χ0) is 16.5. The van der Waals surface area contributed by atoms with Crippen molar-refractivity contribution in [1.82, 2.24) is 4.90 Å².